The van der Waals surface area contributed by atoms with Crippen molar-refractivity contribution in [2.45, 2.75) is 30.4 Å². The first-order valence-corrected chi connectivity index (χ1v) is 7.81. The number of thioether (sulfide) groups is 1. The fraction of sp³-hybridized carbons (Fsp3) is 0.286. The summed E-state index contributed by atoms with van der Waals surface area (Å²) in [7, 11) is 0. The largest absolute Gasteiger partial charge is 0.310 e. The van der Waals surface area contributed by atoms with E-state index in [2.05, 4.69) is 25.9 Å². The molecule has 1 heterocycles. The normalized spacial score (nSPS) is 10.9. The van der Waals surface area contributed by atoms with E-state index in [-0.39, 0.29) is 11.5 Å². The summed E-state index contributed by atoms with van der Waals surface area (Å²) in [6.45, 7) is 4.07. The number of hydrogen-bond acceptors (Lipinski definition) is 3. The fourth-order valence-corrected chi connectivity index (χ4v) is 2.61. The third-order valence-electron chi connectivity index (χ3n) is 2.59. The molecule has 0 unspecified atom stereocenters. The second kappa shape index (κ2) is 6.39. The molecule has 0 radical (unpaired) electrons. The molecule has 0 atom stereocenters. The molecule has 2 rings (SSSR count). The minimum atomic E-state index is -0.0786. The van der Waals surface area contributed by atoms with E-state index in [1.807, 2.05) is 38.1 Å². The van der Waals surface area contributed by atoms with E-state index in [1.165, 1.54) is 0 Å². The first-order valence-electron chi connectivity index (χ1n) is 6.03. The molecule has 19 heavy (non-hydrogen) atoms. The smallest absolute Gasteiger partial charge is 0.251 e. The second-order valence-electron chi connectivity index (χ2n) is 4.51. The Balaban J connectivity index is 2.11. The van der Waals surface area contributed by atoms with E-state index < -0.39 is 0 Å². The molecule has 1 aromatic carbocycles. The van der Waals surface area contributed by atoms with Crippen molar-refractivity contribution >= 4 is 27.7 Å². The van der Waals surface area contributed by atoms with Crippen LogP contribution in [0.5, 0.6) is 0 Å². The minimum Gasteiger partial charge on any atom is -0.310 e. The monoisotopic (exact) mass is 338 g/mol. The summed E-state index contributed by atoms with van der Waals surface area (Å²) in [6.07, 6.45) is 0. The summed E-state index contributed by atoms with van der Waals surface area (Å²) in [4.78, 5) is 20.0. The molecule has 1 N–H and O–H groups in total. The van der Waals surface area contributed by atoms with E-state index in [0.29, 0.717) is 5.75 Å². The van der Waals surface area contributed by atoms with Gasteiger partial charge >= 0.3 is 0 Å². The highest BCUT2D eigenvalue weighted by Gasteiger charge is 2.05. The van der Waals surface area contributed by atoms with Crippen LogP contribution in [0.1, 0.15) is 31.3 Å². The van der Waals surface area contributed by atoms with Crippen LogP contribution in [0, 0.1) is 0 Å². The molecule has 0 amide bonds. The van der Waals surface area contributed by atoms with Crippen molar-refractivity contribution in [3.05, 3.63) is 56.7 Å². The van der Waals surface area contributed by atoms with Crippen molar-refractivity contribution in [2.75, 3.05) is 0 Å². The molecule has 0 spiro atoms. The molecular weight excluding hydrogens is 324 g/mol. The van der Waals surface area contributed by atoms with Crippen LogP contribution in [0.15, 0.2) is 44.5 Å². The third-order valence-corrected chi connectivity index (χ3v) is 4.14. The zero-order chi connectivity index (χ0) is 13.8. The maximum absolute atomic E-state index is 11.6. The topological polar surface area (TPSA) is 45.8 Å². The predicted octanol–water partition coefficient (Wildman–Crippen LogP) is 3.95. The van der Waals surface area contributed by atoms with Crippen LogP contribution in [-0.4, -0.2) is 9.97 Å². The van der Waals surface area contributed by atoms with Crippen molar-refractivity contribution in [3.8, 4) is 0 Å². The van der Waals surface area contributed by atoms with E-state index in [9.17, 15) is 4.79 Å². The van der Waals surface area contributed by atoms with Crippen LogP contribution < -0.4 is 5.56 Å². The highest BCUT2D eigenvalue weighted by Crippen LogP contribution is 2.23. The number of aromatic nitrogens is 2. The van der Waals surface area contributed by atoms with E-state index >= 15 is 0 Å². The van der Waals surface area contributed by atoms with Crippen LogP contribution >= 0.6 is 27.7 Å². The number of H-pyrrole nitrogens is 1. The van der Waals surface area contributed by atoms with Gasteiger partial charge in [-0.1, -0.05) is 29.8 Å². The highest BCUT2D eigenvalue weighted by molar-refractivity contribution is 9.10. The molecule has 1 aromatic heterocycles. The van der Waals surface area contributed by atoms with E-state index in [0.717, 1.165) is 20.9 Å². The summed E-state index contributed by atoms with van der Waals surface area (Å²) < 4.78 is 1.06. The molecule has 100 valence electrons. The number of nitrogens with zero attached hydrogens (tertiary/aromatic N) is 1. The zero-order valence-electron chi connectivity index (χ0n) is 10.8. The second-order valence-corrected chi connectivity index (χ2v) is 6.48. The summed E-state index contributed by atoms with van der Waals surface area (Å²) in [5.74, 6) is 1.65. The van der Waals surface area contributed by atoms with Gasteiger partial charge in [-0.25, -0.2) is 4.98 Å². The summed E-state index contributed by atoms with van der Waals surface area (Å²) >= 11 is 5.07. The molecule has 0 bridgehead atoms. The Morgan fingerprint density at radius 1 is 1.32 bits per heavy atom. The first-order chi connectivity index (χ1) is 9.04. The molecule has 0 saturated carbocycles. The minimum absolute atomic E-state index is 0.0786. The van der Waals surface area contributed by atoms with Gasteiger partial charge in [0.1, 0.15) is 5.82 Å². The molecule has 0 fully saturated rings. The van der Waals surface area contributed by atoms with Gasteiger partial charge in [-0.05, 0) is 30.2 Å². The SMILES string of the molecule is CC(C)c1cc(=O)[nH]c(CSc2ccc(Br)cc2)n1. The third kappa shape index (κ3) is 4.21. The van der Waals surface area contributed by atoms with Gasteiger partial charge in [-0.2, -0.15) is 0 Å². The van der Waals surface area contributed by atoms with Crippen molar-refractivity contribution in [2.24, 2.45) is 0 Å². The molecule has 0 aliphatic heterocycles. The Morgan fingerprint density at radius 3 is 2.63 bits per heavy atom. The number of nitrogens with one attached hydrogen (secondary N) is 1. The van der Waals surface area contributed by atoms with Crippen LogP contribution in [0.25, 0.3) is 0 Å². The van der Waals surface area contributed by atoms with Crippen LogP contribution in [0.3, 0.4) is 0 Å². The molecule has 0 aliphatic rings. The van der Waals surface area contributed by atoms with Gasteiger partial charge in [0, 0.05) is 15.4 Å². The molecular formula is C14H15BrN2OS. The lowest BCUT2D eigenvalue weighted by atomic mass is 10.1. The van der Waals surface area contributed by atoms with Gasteiger partial charge in [0.05, 0.1) is 11.4 Å². The zero-order valence-corrected chi connectivity index (χ0v) is 13.2. The van der Waals surface area contributed by atoms with Crippen molar-refractivity contribution < 1.29 is 0 Å². The first kappa shape index (κ1) is 14.3. The number of benzene rings is 1. The number of rotatable bonds is 4. The maximum atomic E-state index is 11.6. The fourth-order valence-electron chi connectivity index (χ4n) is 1.58. The van der Waals surface area contributed by atoms with Gasteiger partial charge in [0.15, 0.2) is 0 Å². The highest BCUT2D eigenvalue weighted by atomic mass is 79.9. The number of aromatic amines is 1. The van der Waals surface area contributed by atoms with Gasteiger partial charge in [-0.15, -0.1) is 11.8 Å². The van der Waals surface area contributed by atoms with Gasteiger partial charge in [0.25, 0.3) is 5.56 Å². The van der Waals surface area contributed by atoms with Crippen LogP contribution in [0.2, 0.25) is 0 Å². The maximum Gasteiger partial charge on any atom is 0.251 e. The van der Waals surface area contributed by atoms with Crippen molar-refractivity contribution in [1.82, 2.24) is 9.97 Å². The van der Waals surface area contributed by atoms with Gasteiger partial charge in [-0.3, -0.25) is 4.79 Å². The Morgan fingerprint density at radius 2 is 2.00 bits per heavy atom. The molecule has 3 nitrogen and oxygen atoms in total. The van der Waals surface area contributed by atoms with Crippen molar-refractivity contribution in [3.63, 3.8) is 0 Å². The van der Waals surface area contributed by atoms with Crippen LogP contribution in [0.4, 0.5) is 0 Å². The Labute approximate surface area is 125 Å². The standard InChI is InChI=1S/C14H15BrN2OS/c1-9(2)12-7-14(18)17-13(16-12)8-19-11-5-3-10(15)4-6-11/h3-7,9H,8H2,1-2H3,(H,16,17,18). The molecule has 2 aromatic rings. The van der Waals surface area contributed by atoms with Crippen LogP contribution in [-0.2, 0) is 5.75 Å². The molecule has 0 aliphatic carbocycles. The van der Waals surface area contributed by atoms with Crippen molar-refractivity contribution in [1.29, 1.82) is 0 Å². The Kier molecular flexibility index (Phi) is 4.82. The average Bonchev–Trinajstić information content (AvgIpc) is 2.37. The number of halogens is 1. The van der Waals surface area contributed by atoms with Gasteiger partial charge in [0.2, 0.25) is 0 Å². The van der Waals surface area contributed by atoms with E-state index in [1.54, 1.807) is 17.8 Å². The lowest BCUT2D eigenvalue weighted by molar-refractivity contribution is 0.793. The Bertz CT molecular complexity index is 608. The summed E-state index contributed by atoms with van der Waals surface area (Å²) in [6, 6.07) is 9.66. The molecule has 0 saturated heterocycles. The lowest BCUT2D eigenvalue weighted by Gasteiger charge is -2.06. The number of hydrogen-bond donors (Lipinski definition) is 1. The quantitative estimate of drug-likeness (QED) is 0.858. The summed E-state index contributed by atoms with van der Waals surface area (Å²) in [5, 5.41) is 0. The Hall–Kier alpha value is -1.07. The predicted molar refractivity (Wildman–Crippen MR) is 82.6 cm³/mol. The van der Waals surface area contributed by atoms with E-state index in [4.69, 9.17) is 0 Å². The lowest BCUT2D eigenvalue weighted by Crippen LogP contribution is -2.12. The van der Waals surface area contributed by atoms with Gasteiger partial charge < -0.3 is 4.98 Å². The molecule has 5 heteroatoms. The summed E-state index contributed by atoms with van der Waals surface area (Å²) in [5.41, 5.74) is 0.764. The average molecular weight is 339 g/mol.